The van der Waals surface area contributed by atoms with E-state index in [2.05, 4.69) is 0 Å². The first-order valence-electron chi connectivity index (χ1n) is 5.84. The molecule has 0 fully saturated rings. The van der Waals surface area contributed by atoms with Crippen LogP contribution in [-0.2, 0) is 10.0 Å². The number of sulfonamides is 1. The molecule has 0 saturated heterocycles. The van der Waals surface area contributed by atoms with Gasteiger partial charge in [0, 0.05) is 11.5 Å². The summed E-state index contributed by atoms with van der Waals surface area (Å²) in [7, 11) is -4.70. The van der Waals surface area contributed by atoms with Crippen LogP contribution in [-0.4, -0.2) is 26.9 Å². The van der Waals surface area contributed by atoms with Crippen LogP contribution in [0.2, 0.25) is 0 Å². The van der Waals surface area contributed by atoms with Gasteiger partial charge in [0.15, 0.2) is 5.78 Å². The van der Waals surface area contributed by atoms with Gasteiger partial charge in [-0.3, -0.25) is 4.79 Å². The maximum absolute atomic E-state index is 13.5. The van der Waals surface area contributed by atoms with E-state index in [0.717, 1.165) is 18.2 Å². The SMILES string of the molecule is CC(C)C(=O)c1ccc(F)c(S(=O)(=O)NCC(F)(F)F)c1. The van der Waals surface area contributed by atoms with Crippen LogP contribution < -0.4 is 4.72 Å². The second-order valence-corrected chi connectivity index (χ2v) is 6.34. The lowest BCUT2D eigenvalue weighted by Gasteiger charge is -2.11. The van der Waals surface area contributed by atoms with E-state index in [4.69, 9.17) is 0 Å². The second-order valence-electron chi connectivity index (χ2n) is 4.60. The first-order chi connectivity index (χ1) is 9.44. The predicted octanol–water partition coefficient (Wildman–Crippen LogP) is 2.51. The summed E-state index contributed by atoms with van der Waals surface area (Å²) < 4.78 is 74.3. The Bertz CT molecular complexity index is 638. The molecule has 4 nitrogen and oxygen atoms in total. The van der Waals surface area contributed by atoms with E-state index in [9.17, 15) is 30.8 Å². The second kappa shape index (κ2) is 6.10. The number of hydrogen-bond acceptors (Lipinski definition) is 3. The molecule has 21 heavy (non-hydrogen) atoms. The molecule has 9 heteroatoms. The third-order valence-electron chi connectivity index (χ3n) is 2.49. The van der Waals surface area contributed by atoms with Crippen LogP contribution in [0, 0.1) is 11.7 Å². The van der Waals surface area contributed by atoms with Gasteiger partial charge in [-0.1, -0.05) is 13.8 Å². The highest BCUT2D eigenvalue weighted by molar-refractivity contribution is 7.89. The van der Waals surface area contributed by atoms with Crippen LogP contribution in [0.15, 0.2) is 23.1 Å². The highest BCUT2D eigenvalue weighted by Gasteiger charge is 2.31. The number of alkyl halides is 3. The fourth-order valence-electron chi connectivity index (χ4n) is 1.45. The Hall–Kier alpha value is -1.48. The number of nitrogens with one attached hydrogen (secondary N) is 1. The fourth-order valence-corrected chi connectivity index (χ4v) is 2.57. The van der Waals surface area contributed by atoms with Crippen molar-refractivity contribution in [2.75, 3.05) is 6.54 Å². The maximum Gasteiger partial charge on any atom is 0.402 e. The minimum atomic E-state index is -4.77. The lowest BCUT2D eigenvalue weighted by atomic mass is 10.0. The molecule has 0 atom stereocenters. The van der Waals surface area contributed by atoms with Gasteiger partial charge in [-0.25, -0.2) is 17.5 Å². The Labute approximate surface area is 119 Å². The average Bonchev–Trinajstić information content (AvgIpc) is 2.35. The summed E-state index contributed by atoms with van der Waals surface area (Å²) in [4.78, 5) is 10.7. The zero-order chi connectivity index (χ0) is 16.4. The van der Waals surface area contributed by atoms with Crippen molar-refractivity contribution >= 4 is 15.8 Å². The molecule has 0 heterocycles. The lowest BCUT2D eigenvalue weighted by Crippen LogP contribution is -2.34. The van der Waals surface area contributed by atoms with Gasteiger partial charge in [0.25, 0.3) is 0 Å². The standard InChI is InChI=1S/C12H13F4NO3S/c1-7(2)11(18)8-3-4-9(13)10(5-8)21(19,20)17-6-12(14,15)16/h3-5,7,17H,6H2,1-2H3. The molecule has 1 N–H and O–H groups in total. The van der Waals surface area contributed by atoms with Crippen molar-refractivity contribution in [2.24, 2.45) is 5.92 Å². The number of benzene rings is 1. The zero-order valence-corrected chi connectivity index (χ0v) is 12.0. The van der Waals surface area contributed by atoms with Crippen molar-refractivity contribution in [2.45, 2.75) is 24.9 Å². The van der Waals surface area contributed by atoms with Crippen LogP contribution in [0.4, 0.5) is 17.6 Å². The van der Waals surface area contributed by atoms with E-state index in [0.29, 0.717) is 0 Å². The molecule has 0 aliphatic carbocycles. The summed E-state index contributed by atoms with van der Waals surface area (Å²) in [5.41, 5.74) is -0.0845. The summed E-state index contributed by atoms with van der Waals surface area (Å²) in [6, 6.07) is 2.55. The van der Waals surface area contributed by atoms with E-state index in [1.807, 2.05) is 0 Å². The predicted molar refractivity (Wildman–Crippen MR) is 66.8 cm³/mol. The van der Waals surface area contributed by atoms with Gasteiger partial charge >= 0.3 is 6.18 Å². The van der Waals surface area contributed by atoms with Crippen molar-refractivity contribution < 1.29 is 30.8 Å². The van der Waals surface area contributed by atoms with Gasteiger partial charge < -0.3 is 0 Å². The molecule has 1 aromatic rings. The molecule has 1 aromatic carbocycles. The molecule has 118 valence electrons. The molecular weight excluding hydrogens is 314 g/mol. The highest BCUT2D eigenvalue weighted by atomic mass is 32.2. The van der Waals surface area contributed by atoms with Crippen molar-refractivity contribution in [1.82, 2.24) is 4.72 Å². The summed E-state index contributed by atoms with van der Waals surface area (Å²) in [6.07, 6.45) is -4.77. The summed E-state index contributed by atoms with van der Waals surface area (Å²) in [5, 5.41) is 0. The van der Waals surface area contributed by atoms with Gasteiger partial charge in [-0.2, -0.15) is 13.2 Å². The monoisotopic (exact) mass is 327 g/mol. The van der Waals surface area contributed by atoms with Crippen LogP contribution in [0.1, 0.15) is 24.2 Å². The fraction of sp³-hybridized carbons (Fsp3) is 0.417. The number of halogens is 4. The normalized spacial score (nSPS) is 12.7. The van der Waals surface area contributed by atoms with Crippen molar-refractivity contribution in [3.05, 3.63) is 29.6 Å². The molecule has 0 unspecified atom stereocenters. The number of carbonyl (C=O) groups excluding carboxylic acids is 1. The van der Waals surface area contributed by atoms with Crippen LogP contribution in [0.5, 0.6) is 0 Å². The Morgan fingerprint density at radius 1 is 1.29 bits per heavy atom. The molecule has 0 spiro atoms. The average molecular weight is 327 g/mol. The number of ketones is 1. The number of rotatable bonds is 5. The van der Waals surface area contributed by atoms with Crippen molar-refractivity contribution in [3.8, 4) is 0 Å². The Morgan fingerprint density at radius 2 is 1.86 bits per heavy atom. The molecule has 0 aliphatic heterocycles. The summed E-state index contributed by atoms with van der Waals surface area (Å²) in [5.74, 6) is -2.14. The minimum Gasteiger partial charge on any atom is -0.294 e. The molecule has 0 aliphatic rings. The quantitative estimate of drug-likeness (QED) is 0.668. The number of Topliss-reactive ketones (excluding diaryl/α,β-unsaturated/α-hetero) is 1. The molecule has 0 bridgehead atoms. The lowest BCUT2D eigenvalue weighted by molar-refractivity contribution is -0.121. The third kappa shape index (κ3) is 4.78. The summed E-state index contributed by atoms with van der Waals surface area (Å²) in [6.45, 7) is 1.29. The van der Waals surface area contributed by atoms with E-state index in [-0.39, 0.29) is 5.56 Å². The Kier molecular flexibility index (Phi) is 5.11. The Balaban J connectivity index is 3.17. The van der Waals surface area contributed by atoms with E-state index < -0.39 is 45.2 Å². The van der Waals surface area contributed by atoms with Gasteiger partial charge in [0.1, 0.15) is 17.3 Å². The van der Waals surface area contributed by atoms with Gasteiger partial charge in [0.05, 0.1) is 0 Å². The zero-order valence-electron chi connectivity index (χ0n) is 11.2. The van der Waals surface area contributed by atoms with Gasteiger partial charge in [0.2, 0.25) is 10.0 Å². The molecule has 0 aromatic heterocycles. The first-order valence-corrected chi connectivity index (χ1v) is 7.32. The van der Waals surface area contributed by atoms with E-state index in [1.165, 1.54) is 4.72 Å². The maximum atomic E-state index is 13.5. The van der Waals surface area contributed by atoms with Crippen LogP contribution in [0.25, 0.3) is 0 Å². The molecule has 1 rings (SSSR count). The molecule has 0 saturated carbocycles. The molecule has 0 radical (unpaired) electrons. The van der Waals surface area contributed by atoms with E-state index in [1.54, 1.807) is 13.8 Å². The van der Waals surface area contributed by atoms with Crippen molar-refractivity contribution in [3.63, 3.8) is 0 Å². The largest absolute Gasteiger partial charge is 0.402 e. The third-order valence-corrected chi connectivity index (χ3v) is 3.91. The molecule has 0 amide bonds. The Morgan fingerprint density at radius 3 is 2.33 bits per heavy atom. The smallest absolute Gasteiger partial charge is 0.294 e. The van der Waals surface area contributed by atoms with Crippen molar-refractivity contribution in [1.29, 1.82) is 0 Å². The highest BCUT2D eigenvalue weighted by Crippen LogP contribution is 2.20. The molecular formula is C12H13F4NO3S. The minimum absolute atomic E-state index is 0.0845. The van der Waals surface area contributed by atoms with Gasteiger partial charge in [-0.05, 0) is 18.2 Å². The topological polar surface area (TPSA) is 63.2 Å². The number of hydrogen-bond donors (Lipinski definition) is 1. The summed E-state index contributed by atoms with van der Waals surface area (Å²) >= 11 is 0. The van der Waals surface area contributed by atoms with Gasteiger partial charge in [-0.15, -0.1) is 0 Å². The number of carbonyl (C=O) groups is 1. The van der Waals surface area contributed by atoms with E-state index >= 15 is 0 Å². The van der Waals surface area contributed by atoms with Crippen LogP contribution in [0.3, 0.4) is 0 Å². The first kappa shape index (κ1) is 17.6. The van der Waals surface area contributed by atoms with Crippen LogP contribution >= 0.6 is 0 Å².